The molecule has 0 heterocycles. The molecule has 1 aliphatic carbocycles. The molecule has 2 rings (SSSR count). The number of phenolic OH excluding ortho intramolecular Hbond substituents is 1. The maximum absolute atomic E-state index is 9.70. The summed E-state index contributed by atoms with van der Waals surface area (Å²) in [7, 11) is 0. The molecule has 0 aromatic heterocycles. The second-order valence-corrected chi connectivity index (χ2v) is 3.88. The molecule has 0 bridgehead atoms. The number of fused-ring (bicyclic) bond motifs is 1. The summed E-state index contributed by atoms with van der Waals surface area (Å²) in [6.07, 6.45) is 0.248. The molecular formula is C11H14O2. The summed E-state index contributed by atoms with van der Waals surface area (Å²) in [5, 5.41) is 19.3. The summed E-state index contributed by atoms with van der Waals surface area (Å²) < 4.78 is 0. The minimum absolute atomic E-state index is 0.234. The quantitative estimate of drug-likeness (QED) is 0.639. The number of benzene rings is 1. The maximum Gasteiger partial charge on any atom is 0.121 e. The molecule has 0 radical (unpaired) electrons. The van der Waals surface area contributed by atoms with Crippen LogP contribution in [-0.2, 0) is 0 Å². The molecule has 2 N–H and O–H groups in total. The molecule has 2 atom stereocenters. The molecule has 2 heteroatoms. The molecule has 2 nitrogen and oxygen atoms in total. The monoisotopic (exact) mass is 178 g/mol. The van der Waals surface area contributed by atoms with Gasteiger partial charge in [0.05, 0.1) is 6.10 Å². The van der Waals surface area contributed by atoms with E-state index in [0.29, 0.717) is 5.92 Å². The number of aliphatic hydroxyl groups is 1. The van der Waals surface area contributed by atoms with Crippen LogP contribution >= 0.6 is 0 Å². The number of phenols is 1. The lowest BCUT2D eigenvalue weighted by Gasteiger charge is -2.09. The van der Waals surface area contributed by atoms with Gasteiger partial charge in [-0.1, -0.05) is 13.0 Å². The van der Waals surface area contributed by atoms with Crippen molar-refractivity contribution in [2.24, 2.45) is 0 Å². The van der Waals surface area contributed by atoms with Crippen LogP contribution < -0.4 is 0 Å². The van der Waals surface area contributed by atoms with Gasteiger partial charge in [-0.15, -0.1) is 0 Å². The van der Waals surface area contributed by atoms with E-state index in [1.807, 2.05) is 13.0 Å². The number of aryl methyl sites for hydroxylation is 1. The molecule has 1 aromatic carbocycles. The molecule has 0 amide bonds. The lowest BCUT2D eigenvalue weighted by Crippen LogP contribution is -1.92. The fourth-order valence-electron chi connectivity index (χ4n) is 2.31. The van der Waals surface area contributed by atoms with Crippen LogP contribution in [0.5, 0.6) is 5.75 Å². The highest BCUT2D eigenvalue weighted by Crippen LogP contribution is 2.45. The van der Waals surface area contributed by atoms with Crippen LogP contribution in [0.2, 0.25) is 0 Å². The number of hydrogen-bond donors (Lipinski definition) is 2. The zero-order valence-electron chi connectivity index (χ0n) is 7.91. The van der Waals surface area contributed by atoms with Crippen LogP contribution in [0.4, 0.5) is 0 Å². The Morgan fingerprint density at radius 3 is 2.62 bits per heavy atom. The van der Waals surface area contributed by atoms with Crippen molar-refractivity contribution in [2.45, 2.75) is 32.3 Å². The summed E-state index contributed by atoms with van der Waals surface area (Å²) in [5.41, 5.74) is 3.04. The summed E-state index contributed by atoms with van der Waals surface area (Å²) in [4.78, 5) is 0. The normalized spacial score (nSPS) is 26.1. The number of rotatable bonds is 0. The zero-order chi connectivity index (χ0) is 9.59. The van der Waals surface area contributed by atoms with Crippen molar-refractivity contribution in [1.29, 1.82) is 0 Å². The second kappa shape index (κ2) is 2.74. The van der Waals surface area contributed by atoms with Crippen molar-refractivity contribution in [1.82, 2.24) is 0 Å². The van der Waals surface area contributed by atoms with Gasteiger partial charge in [0.25, 0.3) is 0 Å². The van der Waals surface area contributed by atoms with Gasteiger partial charge in [-0.25, -0.2) is 0 Å². The van der Waals surface area contributed by atoms with Gasteiger partial charge in [-0.3, -0.25) is 0 Å². The van der Waals surface area contributed by atoms with Crippen molar-refractivity contribution < 1.29 is 10.2 Å². The van der Waals surface area contributed by atoms with Gasteiger partial charge in [-0.2, -0.15) is 0 Å². The summed E-state index contributed by atoms with van der Waals surface area (Å²) in [6.45, 7) is 4.11. The molecular weight excluding hydrogens is 164 g/mol. The predicted octanol–water partition coefficient (Wildman–Crippen LogP) is 2.24. The predicted molar refractivity (Wildman–Crippen MR) is 50.8 cm³/mol. The number of aliphatic hydroxyl groups excluding tert-OH is 1. The van der Waals surface area contributed by atoms with E-state index in [1.165, 1.54) is 0 Å². The van der Waals surface area contributed by atoms with E-state index in [0.717, 1.165) is 23.1 Å². The minimum Gasteiger partial charge on any atom is -0.508 e. The van der Waals surface area contributed by atoms with Gasteiger partial charge < -0.3 is 10.2 Å². The zero-order valence-corrected chi connectivity index (χ0v) is 7.91. The second-order valence-electron chi connectivity index (χ2n) is 3.88. The molecule has 1 aromatic rings. The highest BCUT2D eigenvalue weighted by molar-refractivity contribution is 5.50. The smallest absolute Gasteiger partial charge is 0.121 e. The fourth-order valence-corrected chi connectivity index (χ4v) is 2.31. The Balaban J connectivity index is 2.67. The lowest BCUT2D eigenvalue weighted by atomic mass is 9.98. The van der Waals surface area contributed by atoms with Crippen molar-refractivity contribution in [3.05, 3.63) is 28.8 Å². The first-order chi connectivity index (χ1) is 6.11. The summed E-state index contributed by atoms with van der Waals surface area (Å²) in [5.74, 6) is 0.592. The molecule has 1 aliphatic rings. The van der Waals surface area contributed by atoms with E-state index >= 15 is 0 Å². The first-order valence-electron chi connectivity index (χ1n) is 4.61. The third-order valence-corrected chi connectivity index (χ3v) is 2.89. The molecule has 0 saturated heterocycles. The van der Waals surface area contributed by atoms with Gasteiger partial charge in [0, 0.05) is 5.56 Å². The molecule has 70 valence electrons. The Morgan fingerprint density at radius 2 is 2.00 bits per heavy atom. The maximum atomic E-state index is 9.70. The fraction of sp³-hybridized carbons (Fsp3) is 0.455. The average Bonchev–Trinajstić information content (AvgIpc) is 2.36. The van der Waals surface area contributed by atoms with Gasteiger partial charge in [0.1, 0.15) is 5.75 Å². The highest BCUT2D eigenvalue weighted by Gasteiger charge is 2.30. The minimum atomic E-state index is -0.482. The van der Waals surface area contributed by atoms with Gasteiger partial charge in [-0.05, 0) is 36.5 Å². The van der Waals surface area contributed by atoms with E-state index < -0.39 is 6.10 Å². The Labute approximate surface area is 77.8 Å². The molecule has 13 heavy (non-hydrogen) atoms. The van der Waals surface area contributed by atoms with E-state index in [4.69, 9.17) is 0 Å². The van der Waals surface area contributed by atoms with E-state index in [-0.39, 0.29) is 5.75 Å². The van der Waals surface area contributed by atoms with Crippen LogP contribution in [0.25, 0.3) is 0 Å². The largest absolute Gasteiger partial charge is 0.508 e. The Bertz CT molecular complexity index is 311. The number of hydrogen-bond acceptors (Lipinski definition) is 2. The molecule has 0 aliphatic heterocycles. The average molecular weight is 178 g/mol. The van der Waals surface area contributed by atoms with Crippen LogP contribution in [0.15, 0.2) is 12.1 Å². The van der Waals surface area contributed by atoms with Crippen LogP contribution in [0, 0.1) is 6.92 Å². The van der Waals surface area contributed by atoms with Crippen molar-refractivity contribution in [2.75, 3.05) is 0 Å². The molecule has 0 saturated carbocycles. The van der Waals surface area contributed by atoms with Crippen molar-refractivity contribution in [3.8, 4) is 5.75 Å². The molecule has 2 unspecified atom stereocenters. The Kier molecular flexibility index (Phi) is 1.81. The Morgan fingerprint density at radius 1 is 1.31 bits per heavy atom. The van der Waals surface area contributed by atoms with Crippen LogP contribution in [0.1, 0.15) is 42.1 Å². The highest BCUT2D eigenvalue weighted by atomic mass is 16.3. The van der Waals surface area contributed by atoms with Gasteiger partial charge >= 0.3 is 0 Å². The van der Waals surface area contributed by atoms with E-state index in [1.54, 1.807) is 6.07 Å². The van der Waals surface area contributed by atoms with E-state index in [2.05, 4.69) is 6.92 Å². The Hall–Kier alpha value is -1.02. The standard InChI is InChI=1S/C11H14O2/c1-6-3-4-8(12)11-9(13)5-7(2)10(6)11/h3-4,7,9,12-13H,5H2,1-2H3. The SMILES string of the molecule is Cc1ccc(O)c2c1C(C)CC2O. The first-order valence-corrected chi connectivity index (χ1v) is 4.61. The van der Waals surface area contributed by atoms with Crippen molar-refractivity contribution in [3.63, 3.8) is 0 Å². The molecule has 0 fully saturated rings. The molecule has 0 spiro atoms. The third-order valence-electron chi connectivity index (χ3n) is 2.89. The lowest BCUT2D eigenvalue weighted by molar-refractivity contribution is 0.171. The van der Waals surface area contributed by atoms with Crippen LogP contribution in [0.3, 0.4) is 0 Å². The van der Waals surface area contributed by atoms with Gasteiger partial charge in [0.15, 0.2) is 0 Å². The van der Waals surface area contributed by atoms with Gasteiger partial charge in [0.2, 0.25) is 0 Å². The first kappa shape index (κ1) is 8.57. The summed E-state index contributed by atoms with van der Waals surface area (Å²) in [6, 6.07) is 3.57. The topological polar surface area (TPSA) is 40.5 Å². The van der Waals surface area contributed by atoms with E-state index in [9.17, 15) is 10.2 Å². The number of aromatic hydroxyl groups is 1. The van der Waals surface area contributed by atoms with Crippen LogP contribution in [-0.4, -0.2) is 10.2 Å². The third kappa shape index (κ3) is 1.13. The van der Waals surface area contributed by atoms with Crippen molar-refractivity contribution >= 4 is 0 Å². The summed E-state index contributed by atoms with van der Waals surface area (Å²) >= 11 is 0.